The van der Waals surface area contributed by atoms with E-state index >= 15 is 0 Å². The third-order valence-corrected chi connectivity index (χ3v) is 8.04. The number of fused-ring (bicyclic) bond motifs is 3. The van der Waals surface area contributed by atoms with E-state index in [0.29, 0.717) is 11.8 Å². The summed E-state index contributed by atoms with van der Waals surface area (Å²) in [4.78, 5) is 2.28. The van der Waals surface area contributed by atoms with Crippen LogP contribution in [0.2, 0.25) is 0 Å². The number of hydrogen-bond donors (Lipinski definition) is 0. The second-order valence-corrected chi connectivity index (χ2v) is 10.9. The number of aryl methyl sites for hydroxylation is 1. The molecule has 0 spiro atoms. The zero-order valence-electron chi connectivity index (χ0n) is 24.1. The Kier molecular flexibility index (Phi) is 6.27. The lowest BCUT2D eigenvalue weighted by molar-refractivity contribution is 0.584. The van der Waals surface area contributed by atoms with Crippen molar-refractivity contribution in [3.05, 3.63) is 157 Å². The molecule has 2 aromatic heterocycles. The van der Waals surface area contributed by atoms with Gasteiger partial charge in [-0.1, -0.05) is 72.3 Å². The SMILES string of the molecule is Cc1ccc(-c2nnc(-c3ccc(N(c4ccccc4)c4ccc5c(c4)c4ccccc4n5-c4ccccc4)cc3)o2)cc1. The summed E-state index contributed by atoms with van der Waals surface area (Å²) in [7, 11) is 0. The van der Waals surface area contributed by atoms with Crippen LogP contribution in [0.1, 0.15) is 5.56 Å². The summed E-state index contributed by atoms with van der Waals surface area (Å²) in [6.07, 6.45) is 0. The molecule has 0 aliphatic rings. The van der Waals surface area contributed by atoms with E-state index in [1.807, 2.05) is 42.5 Å². The van der Waals surface area contributed by atoms with Crippen molar-refractivity contribution in [3.63, 3.8) is 0 Å². The molecule has 2 heterocycles. The lowest BCUT2D eigenvalue weighted by Gasteiger charge is -2.25. The highest BCUT2D eigenvalue weighted by Gasteiger charge is 2.18. The van der Waals surface area contributed by atoms with Crippen LogP contribution in [0.15, 0.2) is 156 Å². The second-order valence-electron chi connectivity index (χ2n) is 10.9. The average molecular weight is 569 g/mol. The Hall–Kier alpha value is -5.94. The van der Waals surface area contributed by atoms with Gasteiger partial charge in [0.1, 0.15) is 0 Å². The Balaban J connectivity index is 1.21. The Morgan fingerprint density at radius 2 is 1.05 bits per heavy atom. The minimum atomic E-state index is 0.494. The quantitative estimate of drug-likeness (QED) is 0.200. The van der Waals surface area contributed by atoms with Crippen LogP contribution in [0, 0.1) is 6.92 Å². The predicted molar refractivity (Wildman–Crippen MR) is 179 cm³/mol. The van der Waals surface area contributed by atoms with Crippen molar-refractivity contribution < 1.29 is 4.42 Å². The molecule has 0 unspecified atom stereocenters. The van der Waals surface area contributed by atoms with Crippen molar-refractivity contribution in [2.24, 2.45) is 0 Å². The van der Waals surface area contributed by atoms with Gasteiger partial charge >= 0.3 is 0 Å². The molecule has 0 saturated carbocycles. The monoisotopic (exact) mass is 568 g/mol. The number of nitrogens with zero attached hydrogens (tertiary/aromatic N) is 4. The van der Waals surface area contributed by atoms with E-state index in [-0.39, 0.29) is 0 Å². The Bertz CT molecular complexity index is 2220. The predicted octanol–water partition coefficient (Wildman–Crippen LogP) is 10.3. The topological polar surface area (TPSA) is 47.1 Å². The zero-order valence-corrected chi connectivity index (χ0v) is 24.1. The Labute approximate surface area is 255 Å². The van der Waals surface area contributed by atoms with Gasteiger partial charge in [-0.15, -0.1) is 10.2 Å². The van der Waals surface area contributed by atoms with Gasteiger partial charge in [-0.05, 0) is 91.9 Å². The van der Waals surface area contributed by atoms with Crippen LogP contribution >= 0.6 is 0 Å². The molecule has 8 aromatic rings. The standard InChI is InChI=1S/C39H28N4O/c1-27-16-18-28(19-17-27)38-40-41-39(44-38)29-20-22-32(23-21-29)42(30-10-4-2-5-11-30)33-24-25-37-35(26-33)34-14-8-9-15-36(34)43(37)31-12-6-3-7-13-31/h2-26H,1H3. The first-order chi connectivity index (χ1) is 21.7. The summed E-state index contributed by atoms with van der Waals surface area (Å²) in [6.45, 7) is 2.06. The number of rotatable bonds is 6. The van der Waals surface area contributed by atoms with Crippen molar-refractivity contribution in [1.29, 1.82) is 0 Å². The number of anilines is 3. The van der Waals surface area contributed by atoms with E-state index < -0.39 is 0 Å². The van der Waals surface area contributed by atoms with E-state index in [1.54, 1.807) is 0 Å². The zero-order chi connectivity index (χ0) is 29.5. The molecule has 0 saturated heterocycles. The molecule has 0 fully saturated rings. The number of hydrogen-bond acceptors (Lipinski definition) is 4. The van der Waals surface area contributed by atoms with Crippen LogP contribution in [0.25, 0.3) is 50.4 Å². The Morgan fingerprint density at radius 3 is 1.75 bits per heavy atom. The summed E-state index contributed by atoms with van der Waals surface area (Å²) in [5.74, 6) is 1.01. The van der Waals surface area contributed by atoms with Crippen molar-refractivity contribution in [1.82, 2.24) is 14.8 Å². The molecule has 0 amide bonds. The largest absolute Gasteiger partial charge is 0.416 e. The van der Waals surface area contributed by atoms with Gasteiger partial charge in [-0.2, -0.15) is 0 Å². The van der Waals surface area contributed by atoms with Crippen LogP contribution in [-0.2, 0) is 0 Å². The highest BCUT2D eigenvalue weighted by atomic mass is 16.4. The van der Waals surface area contributed by atoms with Gasteiger partial charge in [0.15, 0.2) is 0 Å². The van der Waals surface area contributed by atoms with E-state index in [0.717, 1.165) is 33.9 Å². The van der Waals surface area contributed by atoms with Crippen LogP contribution in [0.4, 0.5) is 17.1 Å². The van der Waals surface area contributed by atoms with Crippen molar-refractivity contribution in [2.75, 3.05) is 4.90 Å². The molecule has 0 aliphatic heterocycles. The highest BCUT2D eigenvalue weighted by Crippen LogP contribution is 2.40. The van der Waals surface area contributed by atoms with Gasteiger partial charge in [-0.3, -0.25) is 0 Å². The molecule has 0 bridgehead atoms. The maximum Gasteiger partial charge on any atom is 0.248 e. The van der Waals surface area contributed by atoms with Crippen LogP contribution in [-0.4, -0.2) is 14.8 Å². The Morgan fingerprint density at radius 1 is 0.500 bits per heavy atom. The fourth-order valence-corrected chi connectivity index (χ4v) is 5.89. The fourth-order valence-electron chi connectivity index (χ4n) is 5.89. The number of benzene rings is 6. The van der Waals surface area contributed by atoms with Gasteiger partial charge in [0, 0.05) is 44.6 Å². The molecule has 0 aliphatic carbocycles. The normalized spacial score (nSPS) is 11.3. The molecule has 6 aromatic carbocycles. The van der Waals surface area contributed by atoms with Gasteiger partial charge in [0.25, 0.3) is 0 Å². The molecule has 5 nitrogen and oxygen atoms in total. The average Bonchev–Trinajstić information content (AvgIpc) is 3.70. The molecule has 210 valence electrons. The minimum absolute atomic E-state index is 0.494. The summed E-state index contributed by atoms with van der Waals surface area (Å²) < 4.78 is 8.39. The van der Waals surface area contributed by atoms with E-state index in [2.05, 4.69) is 136 Å². The molecule has 8 rings (SSSR count). The summed E-state index contributed by atoms with van der Waals surface area (Å²) in [5.41, 5.74) is 9.65. The molecular formula is C39H28N4O. The summed E-state index contributed by atoms with van der Waals surface area (Å²) in [5, 5.41) is 11.1. The lowest BCUT2D eigenvalue weighted by Crippen LogP contribution is -2.09. The molecule has 0 radical (unpaired) electrons. The first kappa shape index (κ1) is 25.7. The van der Waals surface area contributed by atoms with Crippen molar-refractivity contribution in [3.8, 4) is 28.6 Å². The van der Waals surface area contributed by atoms with Gasteiger partial charge in [0.2, 0.25) is 11.8 Å². The van der Waals surface area contributed by atoms with E-state index in [1.165, 1.54) is 27.4 Å². The molecule has 0 N–H and O–H groups in total. The first-order valence-corrected chi connectivity index (χ1v) is 14.7. The maximum atomic E-state index is 6.05. The third kappa shape index (κ3) is 4.52. The van der Waals surface area contributed by atoms with Crippen molar-refractivity contribution in [2.45, 2.75) is 6.92 Å². The summed E-state index contributed by atoms with van der Waals surface area (Å²) in [6, 6.07) is 52.7. The molecule has 5 heteroatoms. The molecule has 0 atom stereocenters. The van der Waals surface area contributed by atoms with Gasteiger partial charge in [-0.25, -0.2) is 0 Å². The van der Waals surface area contributed by atoms with Crippen LogP contribution in [0.3, 0.4) is 0 Å². The third-order valence-electron chi connectivity index (χ3n) is 8.04. The smallest absolute Gasteiger partial charge is 0.248 e. The lowest BCUT2D eigenvalue weighted by atomic mass is 10.1. The van der Waals surface area contributed by atoms with Gasteiger partial charge < -0.3 is 13.9 Å². The molecular weight excluding hydrogens is 540 g/mol. The highest BCUT2D eigenvalue weighted by molar-refractivity contribution is 6.10. The van der Waals surface area contributed by atoms with E-state index in [4.69, 9.17) is 4.42 Å². The molecule has 44 heavy (non-hydrogen) atoms. The first-order valence-electron chi connectivity index (χ1n) is 14.7. The minimum Gasteiger partial charge on any atom is -0.416 e. The summed E-state index contributed by atoms with van der Waals surface area (Å²) >= 11 is 0. The maximum absolute atomic E-state index is 6.05. The van der Waals surface area contributed by atoms with Crippen molar-refractivity contribution >= 4 is 38.9 Å². The number of para-hydroxylation sites is 3. The van der Waals surface area contributed by atoms with Gasteiger partial charge in [0.05, 0.1) is 11.0 Å². The van der Waals surface area contributed by atoms with Crippen LogP contribution in [0.5, 0.6) is 0 Å². The second kappa shape index (κ2) is 10.7. The number of aromatic nitrogens is 3. The van der Waals surface area contributed by atoms with Crippen LogP contribution < -0.4 is 4.90 Å². The fraction of sp³-hybridized carbons (Fsp3) is 0.0256. The van der Waals surface area contributed by atoms with E-state index in [9.17, 15) is 0 Å².